The van der Waals surface area contributed by atoms with E-state index in [4.69, 9.17) is 0 Å². The second-order valence-electron chi connectivity index (χ2n) is 6.01. The molecule has 1 saturated heterocycles. The first-order chi connectivity index (χ1) is 10.1. The van der Waals surface area contributed by atoms with Gasteiger partial charge in [-0.3, -0.25) is 4.79 Å². The maximum absolute atomic E-state index is 12.3. The Hall–Kier alpha value is -1.69. The fourth-order valence-electron chi connectivity index (χ4n) is 2.20. The van der Waals surface area contributed by atoms with Crippen molar-refractivity contribution in [1.82, 2.24) is 20.0 Å². The number of nitrogens with zero attached hydrogens (tertiary/aromatic N) is 4. The predicted molar refractivity (Wildman–Crippen MR) is 83.4 cm³/mol. The molecule has 0 unspecified atom stereocenters. The molecular formula is C15H25N5O. The zero-order valence-electron chi connectivity index (χ0n) is 13.2. The lowest BCUT2D eigenvalue weighted by Gasteiger charge is -2.32. The molecule has 6 nitrogen and oxygen atoms in total. The Morgan fingerprint density at radius 2 is 1.95 bits per heavy atom. The highest BCUT2D eigenvalue weighted by Gasteiger charge is 2.21. The topological polar surface area (TPSA) is 61.4 Å². The molecule has 1 fully saturated rings. The maximum Gasteiger partial charge on any atom is 0.274 e. The van der Waals surface area contributed by atoms with E-state index in [1.165, 1.54) is 0 Å². The molecule has 0 saturated carbocycles. The van der Waals surface area contributed by atoms with E-state index in [1.54, 1.807) is 6.07 Å². The molecule has 1 aromatic heterocycles. The van der Waals surface area contributed by atoms with Crippen LogP contribution in [0.2, 0.25) is 0 Å². The van der Waals surface area contributed by atoms with Crippen molar-refractivity contribution < 1.29 is 4.79 Å². The van der Waals surface area contributed by atoms with Crippen LogP contribution in [0.3, 0.4) is 0 Å². The van der Waals surface area contributed by atoms with Gasteiger partial charge < -0.3 is 15.1 Å². The number of nitrogens with one attached hydrogen (secondary N) is 1. The summed E-state index contributed by atoms with van der Waals surface area (Å²) in [7, 11) is 2.07. The first kappa shape index (κ1) is 15.7. The van der Waals surface area contributed by atoms with Gasteiger partial charge in [-0.15, -0.1) is 10.2 Å². The highest BCUT2D eigenvalue weighted by atomic mass is 16.2. The lowest BCUT2D eigenvalue weighted by Crippen LogP contribution is -2.47. The van der Waals surface area contributed by atoms with Gasteiger partial charge in [0.15, 0.2) is 5.69 Å². The molecule has 0 spiro atoms. The van der Waals surface area contributed by atoms with Gasteiger partial charge in [-0.2, -0.15) is 0 Å². The summed E-state index contributed by atoms with van der Waals surface area (Å²) in [4.78, 5) is 16.4. The Morgan fingerprint density at radius 3 is 2.52 bits per heavy atom. The van der Waals surface area contributed by atoms with Gasteiger partial charge in [0.25, 0.3) is 5.91 Å². The molecule has 21 heavy (non-hydrogen) atoms. The van der Waals surface area contributed by atoms with E-state index in [2.05, 4.69) is 41.3 Å². The van der Waals surface area contributed by atoms with Gasteiger partial charge in [0.1, 0.15) is 5.82 Å². The number of carbonyl (C=O) groups is 1. The zero-order valence-corrected chi connectivity index (χ0v) is 13.2. The van der Waals surface area contributed by atoms with Gasteiger partial charge in [-0.25, -0.2) is 0 Å². The lowest BCUT2D eigenvalue weighted by atomic mass is 10.1. The number of carbonyl (C=O) groups excluding carboxylic acids is 1. The average Bonchev–Trinajstić information content (AvgIpc) is 2.48. The van der Waals surface area contributed by atoms with Gasteiger partial charge in [0.2, 0.25) is 0 Å². The van der Waals surface area contributed by atoms with Crippen LogP contribution in [0.15, 0.2) is 12.1 Å². The first-order valence-electron chi connectivity index (χ1n) is 7.61. The molecule has 0 radical (unpaired) electrons. The van der Waals surface area contributed by atoms with Crippen LogP contribution in [0.1, 0.15) is 30.8 Å². The molecule has 1 N–H and O–H groups in total. The average molecular weight is 291 g/mol. The fraction of sp³-hybridized carbons (Fsp3) is 0.667. The molecule has 0 aromatic carbocycles. The van der Waals surface area contributed by atoms with Crippen molar-refractivity contribution in [3.63, 3.8) is 0 Å². The summed E-state index contributed by atoms with van der Waals surface area (Å²) in [6.07, 6.45) is 1.09. The van der Waals surface area contributed by atoms with Crippen molar-refractivity contribution in [2.45, 2.75) is 20.3 Å². The smallest absolute Gasteiger partial charge is 0.274 e. The standard InChI is InChI=1S/C15H25N5O/c1-12(2)6-7-16-14-5-4-13(17-18-14)15(21)20-10-8-19(3)9-11-20/h4-5,12H,6-11H2,1-3H3,(H,16,18). The minimum Gasteiger partial charge on any atom is -0.369 e. The molecule has 2 heterocycles. The Morgan fingerprint density at radius 1 is 1.24 bits per heavy atom. The number of aromatic nitrogens is 2. The Balaban J connectivity index is 1.87. The highest BCUT2D eigenvalue weighted by molar-refractivity contribution is 5.92. The molecule has 2 rings (SSSR count). The number of piperazine rings is 1. The summed E-state index contributed by atoms with van der Waals surface area (Å²) in [6.45, 7) is 8.58. The van der Waals surface area contributed by atoms with Crippen molar-refractivity contribution in [2.24, 2.45) is 5.92 Å². The van der Waals surface area contributed by atoms with Crippen LogP contribution in [0.5, 0.6) is 0 Å². The fourth-order valence-corrected chi connectivity index (χ4v) is 2.20. The van der Waals surface area contributed by atoms with Crippen LogP contribution in [0.25, 0.3) is 0 Å². The molecule has 0 atom stereocenters. The van der Waals surface area contributed by atoms with E-state index in [1.807, 2.05) is 11.0 Å². The van der Waals surface area contributed by atoms with Crippen LogP contribution < -0.4 is 5.32 Å². The monoisotopic (exact) mass is 291 g/mol. The molecule has 116 valence electrons. The van der Waals surface area contributed by atoms with Crippen molar-refractivity contribution in [2.75, 3.05) is 45.1 Å². The van der Waals surface area contributed by atoms with Crippen LogP contribution in [0.4, 0.5) is 5.82 Å². The van der Waals surface area contributed by atoms with Crippen molar-refractivity contribution in [1.29, 1.82) is 0 Å². The zero-order chi connectivity index (χ0) is 15.2. The minimum atomic E-state index is -0.0238. The van der Waals surface area contributed by atoms with E-state index in [0.29, 0.717) is 11.6 Å². The molecular weight excluding hydrogens is 266 g/mol. The third-order valence-corrected chi connectivity index (χ3v) is 3.70. The van der Waals surface area contributed by atoms with Crippen LogP contribution >= 0.6 is 0 Å². The number of hydrogen-bond acceptors (Lipinski definition) is 5. The molecule has 1 aromatic rings. The van der Waals surface area contributed by atoms with Gasteiger partial charge in [0.05, 0.1) is 0 Å². The number of anilines is 1. The van der Waals surface area contributed by atoms with Crippen molar-refractivity contribution in [3.8, 4) is 0 Å². The van der Waals surface area contributed by atoms with E-state index in [0.717, 1.165) is 45.0 Å². The van der Waals surface area contributed by atoms with Gasteiger partial charge in [-0.1, -0.05) is 13.8 Å². The molecule has 1 aliphatic rings. The van der Waals surface area contributed by atoms with Crippen molar-refractivity contribution in [3.05, 3.63) is 17.8 Å². The van der Waals surface area contributed by atoms with E-state index >= 15 is 0 Å². The van der Waals surface area contributed by atoms with Crippen LogP contribution in [-0.2, 0) is 0 Å². The van der Waals surface area contributed by atoms with Gasteiger partial charge in [0, 0.05) is 32.7 Å². The highest BCUT2D eigenvalue weighted by Crippen LogP contribution is 2.08. The number of likely N-dealkylation sites (N-methyl/N-ethyl adjacent to an activating group) is 1. The summed E-state index contributed by atoms with van der Waals surface area (Å²) in [5.41, 5.74) is 0.425. The lowest BCUT2D eigenvalue weighted by molar-refractivity contribution is 0.0657. The summed E-state index contributed by atoms with van der Waals surface area (Å²) in [5, 5.41) is 11.4. The van der Waals surface area contributed by atoms with Gasteiger partial charge >= 0.3 is 0 Å². The third kappa shape index (κ3) is 4.67. The van der Waals surface area contributed by atoms with E-state index in [-0.39, 0.29) is 5.91 Å². The predicted octanol–water partition coefficient (Wildman–Crippen LogP) is 1.32. The van der Waals surface area contributed by atoms with E-state index in [9.17, 15) is 4.79 Å². The molecule has 1 aliphatic heterocycles. The number of rotatable bonds is 5. The van der Waals surface area contributed by atoms with Gasteiger partial charge in [-0.05, 0) is 31.5 Å². The maximum atomic E-state index is 12.3. The van der Waals surface area contributed by atoms with Crippen molar-refractivity contribution >= 4 is 11.7 Å². The molecule has 1 amide bonds. The second kappa shape index (κ2) is 7.36. The second-order valence-corrected chi connectivity index (χ2v) is 6.01. The Kier molecular flexibility index (Phi) is 5.50. The van der Waals surface area contributed by atoms with Crippen LogP contribution in [-0.4, -0.2) is 65.7 Å². The Bertz CT molecular complexity index is 452. The van der Waals surface area contributed by atoms with E-state index < -0.39 is 0 Å². The molecule has 6 heteroatoms. The number of amides is 1. The number of hydrogen-bond donors (Lipinski definition) is 1. The SMILES string of the molecule is CC(C)CCNc1ccc(C(=O)N2CCN(C)CC2)nn1. The largest absolute Gasteiger partial charge is 0.369 e. The summed E-state index contributed by atoms with van der Waals surface area (Å²) in [6, 6.07) is 3.59. The summed E-state index contributed by atoms with van der Waals surface area (Å²) in [5.74, 6) is 1.36. The summed E-state index contributed by atoms with van der Waals surface area (Å²) < 4.78 is 0. The minimum absolute atomic E-state index is 0.0238. The first-order valence-corrected chi connectivity index (χ1v) is 7.61. The Labute approximate surface area is 126 Å². The quantitative estimate of drug-likeness (QED) is 0.886. The van der Waals surface area contributed by atoms with Crippen LogP contribution in [0, 0.1) is 5.92 Å². The normalized spacial score (nSPS) is 16.3. The summed E-state index contributed by atoms with van der Waals surface area (Å²) >= 11 is 0. The molecule has 0 aliphatic carbocycles. The molecule has 0 bridgehead atoms. The third-order valence-electron chi connectivity index (χ3n) is 3.70.